The molecule has 0 N–H and O–H groups in total. The van der Waals surface area contributed by atoms with Crippen LogP contribution in [0.15, 0.2) is 328 Å². The van der Waals surface area contributed by atoms with Crippen molar-refractivity contribution in [3.05, 3.63) is 372 Å². The second-order valence-electron chi connectivity index (χ2n) is 25.9. The van der Waals surface area contributed by atoms with Gasteiger partial charge in [-0.15, -0.1) is 0 Å². The van der Waals surface area contributed by atoms with E-state index >= 15 is 0 Å². The van der Waals surface area contributed by atoms with Gasteiger partial charge in [-0.25, -0.2) is 0 Å². The van der Waals surface area contributed by atoms with Crippen molar-refractivity contribution in [1.82, 2.24) is 13.3 Å². The quantitative estimate of drug-likeness (QED) is 0.159. The summed E-state index contributed by atoms with van der Waals surface area (Å²) < 4.78 is 12.7. The van der Waals surface area contributed by atoms with Gasteiger partial charge in [0.2, 0.25) is 0 Å². The van der Waals surface area contributed by atoms with Gasteiger partial charge >= 0.3 is 0 Å². The Kier molecular flexibility index (Phi) is 10.9. The highest BCUT2D eigenvalue weighted by molar-refractivity contribution is 7.00. The van der Waals surface area contributed by atoms with Crippen molar-refractivity contribution in [2.75, 3.05) is 4.90 Å². The predicted octanol–water partition coefficient (Wildman–Crippen LogP) is 23.1. The molecule has 17 aromatic rings. The summed E-state index contributed by atoms with van der Waals surface area (Å²) in [6, 6.07) is 122. The van der Waals surface area contributed by atoms with Crippen LogP contribution in [0.5, 0.6) is 0 Å². The van der Waals surface area contributed by atoms with E-state index in [4.69, 9.17) is 8.75 Å². The van der Waals surface area contributed by atoms with Gasteiger partial charge in [-0.1, -0.05) is 261 Å². The van der Waals surface area contributed by atoms with Crippen molar-refractivity contribution in [1.29, 1.82) is 0 Å². The minimum absolute atomic E-state index is 0.430. The van der Waals surface area contributed by atoms with Crippen molar-refractivity contribution in [3.8, 4) is 83.6 Å². The maximum absolute atomic E-state index is 5.18. The van der Waals surface area contributed by atoms with Crippen LogP contribution in [-0.4, -0.2) is 13.3 Å². The Morgan fingerprint density at radius 2 is 0.663 bits per heavy atom. The van der Waals surface area contributed by atoms with Gasteiger partial charge in [0, 0.05) is 38.8 Å². The molecule has 2 heterocycles. The topological polar surface area (TPSA) is 34.0 Å². The van der Waals surface area contributed by atoms with Crippen LogP contribution in [0.25, 0.3) is 127 Å². The van der Waals surface area contributed by atoms with E-state index in [-0.39, 0.29) is 0 Å². The molecule has 0 aliphatic heterocycles. The van der Waals surface area contributed by atoms with Crippen LogP contribution in [0, 0.1) is 0 Å². The second-order valence-corrected chi connectivity index (χ2v) is 26.4. The van der Waals surface area contributed by atoms with Crippen molar-refractivity contribution in [2.24, 2.45) is 0 Å². The molecule has 15 aromatic carbocycles. The van der Waals surface area contributed by atoms with Gasteiger partial charge < -0.3 is 9.47 Å². The molecule has 0 amide bonds. The molecule has 0 radical (unpaired) electrons. The fraction of sp³-hybridized carbons (Fsp3) is 0.0222. The van der Waals surface area contributed by atoms with E-state index in [0.29, 0.717) is 0 Å². The largest absolute Gasteiger partial charge is 0.309 e. The number of benzene rings is 15. The van der Waals surface area contributed by atoms with Crippen LogP contribution in [0.2, 0.25) is 0 Å². The molecule has 5 heteroatoms. The summed E-state index contributed by atoms with van der Waals surface area (Å²) in [4.78, 5) is 2.37. The van der Waals surface area contributed by atoms with Gasteiger partial charge in [0.1, 0.15) is 11.0 Å². The normalized spacial score (nSPS) is 13.6. The SMILES string of the molecule is c1ccc2c(c1)-c1ccccc1C21c2ccccc2-c2ccc(-c3ccc(N(c4ccc(-c5ccc6c(c5)C5(c7ccccc7-c7ccccc75)c5ccccc5-6)cc4)c4ccc(-c5ccc(-n6c7ccccc7c7ccc8ccccc8c76)cc5)c5nsnc45)cc3)cc21. The number of hydrogen-bond donors (Lipinski definition) is 0. The predicted molar refractivity (Wildman–Crippen MR) is 393 cm³/mol. The lowest BCUT2D eigenvalue weighted by Gasteiger charge is -2.30. The summed E-state index contributed by atoms with van der Waals surface area (Å²) in [6.07, 6.45) is 0. The summed E-state index contributed by atoms with van der Waals surface area (Å²) in [5, 5.41) is 4.95. The van der Waals surface area contributed by atoms with E-state index < -0.39 is 10.8 Å². The molecule has 0 bridgehead atoms. The molecule has 0 unspecified atom stereocenters. The first-order valence-corrected chi connectivity index (χ1v) is 33.5. The lowest BCUT2D eigenvalue weighted by Crippen LogP contribution is -2.25. The summed E-state index contributed by atoms with van der Waals surface area (Å²) in [5.74, 6) is 0. The average molecular weight is 1220 g/mol. The molecule has 2 spiro atoms. The Bertz CT molecular complexity index is 5740. The smallest absolute Gasteiger partial charge is 0.129 e. The fourth-order valence-electron chi connectivity index (χ4n) is 17.6. The van der Waals surface area contributed by atoms with Gasteiger partial charge in [-0.2, -0.15) is 8.75 Å². The minimum Gasteiger partial charge on any atom is -0.309 e. The highest BCUT2D eigenvalue weighted by Gasteiger charge is 2.53. The van der Waals surface area contributed by atoms with Gasteiger partial charge in [-0.3, -0.25) is 0 Å². The number of anilines is 3. The lowest BCUT2D eigenvalue weighted by molar-refractivity contribution is 0.794. The van der Waals surface area contributed by atoms with Crippen LogP contribution in [-0.2, 0) is 10.8 Å². The van der Waals surface area contributed by atoms with Crippen LogP contribution in [0.4, 0.5) is 17.1 Å². The summed E-state index contributed by atoms with van der Waals surface area (Å²) in [7, 11) is 0. The molecule has 2 aromatic heterocycles. The van der Waals surface area contributed by atoms with Gasteiger partial charge in [0.15, 0.2) is 0 Å². The van der Waals surface area contributed by atoms with Gasteiger partial charge in [0.25, 0.3) is 0 Å². The zero-order valence-electron chi connectivity index (χ0n) is 51.4. The Morgan fingerprint density at radius 1 is 0.274 bits per heavy atom. The summed E-state index contributed by atoms with van der Waals surface area (Å²) in [5.41, 5.74) is 35.3. The molecular formula is C90H54N4S. The van der Waals surface area contributed by atoms with E-state index in [1.54, 1.807) is 0 Å². The number of fused-ring (bicyclic) bond motifs is 26. The molecule has 4 aliphatic rings. The van der Waals surface area contributed by atoms with E-state index in [0.717, 1.165) is 56.0 Å². The zero-order valence-corrected chi connectivity index (χ0v) is 52.2. The van der Waals surface area contributed by atoms with Crippen LogP contribution < -0.4 is 4.90 Å². The monoisotopic (exact) mass is 1220 g/mol. The molecule has 0 saturated carbocycles. The van der Waals surface area contributed by atoms with Crippen molar-refractivity contribution < 1.29 is 0 Å². The molecule has 0 fully saturated rings. The average Bonchev–Trinajstić information content (AvgIpc) is 1.51. The molecular weight excluding hydrogens is 1170 g/mol. The maximum atomic E-state index is 5.18. The third-order valence-electron chi connectivity index (χ3n) is 21.5. The standard InChI is InChI=1S/C90H54N4S/c1-2-18-65-57(17-1)39-50-75-74-25-9-16-32-84(74)94(88(65)75)63-46-37-58(38-47-63)64-51-52-85(87-86(64)91-95-92-87)93(61-42-33-55(34-43-61)59-40-48-72-70-23-7-14-30-80(70)89(82(72)53-59)76-26-10-3-19-66(76)67-20-4-11-27-77(67)89)62-44-35-56(36-45-62)60-41-49-73-71-24-8-15-31-81(71)90(83(73)54-60)78-28-12-5-21-68(78)69-22-6-13-29-79(69)90/h1-54H. The maximum Gasteiger partial charge on any atom is 0.129 e. The third-order valence-corrected chi connectivity index (χ3v) is 22.1. The van der Waals surface area contributed by atoms with Crippen LogP contribution >= 0.6 is 11.7 Å². The first kappa shape index (κ1) is 52.6. The Labute approximate surface area is 553 Å². The minimum atomic E-state index is -0.430. The Balaban J connectivity index is 0.693. The van der Waals surface area contributed by atoms with Gasteiger partial charge in [0.05, 0.1) is 39.3 Å². The van der Waals surface area contributed by atoms with Crippen molar-refractivity contribution >= 4 is 72.4 Å². The van der Waals surface area contributed by atoms with Crippen molar-refractivity contribution in [3.63, 3.8) is 0 Å². The third kappa shape index (κ3) is 7.09. The number of rotatable bonds is 7. The molecule has 21 rings (SSSR count). The Hall–Kier alpha value is -12.0. The lowest BCUT2D eigenvalue weighted by atomic mass is 9.70. The van der Waals surface area contributed by atoms with Crippen molar-refractivity contribution in [2.45, 2.75) is 10.8 Å². The number of nitrogens with zero attached hydrogens (tertiary/aromatic N) is 4. The van der Waals surface area contributed by atoms with Crippen LogP contribution in [0.1, 0.15) is 44.5 Å². The molecule has 4 nitrogen and oxygen atoms in total. The van der Waals surface area contributed by atoms with E-state index in [2.05, 4.69) is 337 Å². The molecule has 440 valence electrons. The number of aromatic nitrogens is 3. The van der Waals surface area contributed by atoms with E-state index in [9.17, 15) is 0 Å². The summed E-state index contributed by atoms with van der Waals surface area (Å²) >= 11 is 1.27. The zero-order chi connectivity index (χ0) is 62.1. The molecule has 95 heavy (non-hydrogen) atoms. The number of para-hydroxylation sites is 1. The first-order valence-electron chi connectivity index (χ1n) is 32.8. The Morgan fingerprint density at radius 3 is 1.16 bits per heavy atom. The number of hydrogen-bond acceptors (Lipinski definition) is 4. The second kappa shape index (κ2) is 19.8. The van der Waals surface area contributed by atoms with Crippen LogP contribution in [0.3, 0.4) is 0 Å². The highest BCUT2D eigenvalue weighted by Crippen LogP contribution is 2.65. The van der Waals surface area contributed by atoms with E-state index in [1.807, 2.05) is 0 Å². The molecule has 0 saturated heterocycles. The highest BCUT2D eigenvalue weighted by atomic mass is 32.1. The molecule has 4 aliphatic carbocycles. The summed E-state index contributed by atoms with van der Waals surface area (Å²) in [6.45, 7) is 0. The molecule has 0 atom stereocenters. The first-order chi connectivity index (χ1) is 47.1. The van der Waals surface area contributed by atoms with Gasteiger partial charge in [-0.05, 0) is 189 Å². The van der Waals surface area contributed by atoms with E-state index in [1.165, 1.54) is 144 Å². The fourth-order valence-corrected chi connectivity index (χ4v) is 18.2.